The van der Waals surface area contributed by atoms with Gasteiger partial charge in [0.05, 0.1) is 11.9 Å². The molecule has 0 bridgehead atoms. The van der Waals surface area contributed by atoms with E-state index in [0.29, 0.717) is 12.5 Å². The Morgan fingerprint density at radius 1 is 1.13 bits per heavy atom. The monoisotopic (exact) mass is 419 g/mol. The fourth-order valence-electron chi connectivity index (χ4n) is 3.22. The highest BCUT2D eigenvalue weighted by atomic mass is 32.1. The van der Waals surface area contributed by atoms with E-state index in [9.17, 15) is 5.11 Å². The van der Waals surface area contributed by atoms with Crippen LogP contribution in [0.2, 0.25) is 0 Å². The SMILES string of the molecule is CN=C(NCCc1cnn(-c2ccccc2)c1)NCC(O)c1cc2ccccc2s1. The number of fused-ring (bicyclic) bond motifs is 1. The van der Waals surface area contributed by atoms with Gasteiger partial charge in [-0.05, 0) is 41.6 Å². The number of rotatable bonds is 7. The summed E-state index contributed by atoms with van der Waals surface area (Å²) in [6.45, 7) is 1.12. The van der Waals surface area contributed by atoms with Gasteiger partial charge in [-0.25, -0.2) is 4.68 Å². The summed E-state index contributed by atoms with van der Waals surface area (Å²) in [4.78, 5) is 5.20. The zero-order valence-corrected chi connectivity index (χ0v) is 17.6. The van der Waals surface area contributed by atoms with Crippen molar-refractivity contribution in [3.05, 3.63) is 83.5 Å². The van der Waals surface area contributed by atoms with Gasteiger partial charge in [-0.15, -0.1) is 11.3 Å². The van der Waals surface area contributed by atoms with Gasteiger partial charge in [0.25, 0.3) is 0 Å². The number of aliphatic hydroxyl groups is 1. The molecular weight excluding hydrogens is 394 g/mol. The van der Waals surface area contributed by atoms with Crippen LogP contribution in [0.25, 0.3) is 15.8 Å². The molecule has 0 aliphatic rings. The van der Waals surface area contributed by atoms with Crippen LogP contribution >= 0.6 is 11.3 Å². The van der Waals surface area contributed by atoms with Gasteiger partial charge in [0.2, 0.25) is 0 Å². The number of para-hydroxylation sites is 1. The maximum Gasteiger partial charge on any atom is 0.191 e. The summed E-state index contributed by atoms with van der Waals surface area (Å²) in [5, 5.41) is 22.6. The van der Waals surface area contributed by atoms with Crippen LogP contribution in [0.5, 0.6) is 0 Å². The molecule has 2 aromatic carbocycles. The summed E-state index contributed by atoms with van der Waals surface area (Å²) >= 11 is 1.62. The molecule has 2 aromatic heterocycles. The van der Waals surface area contributed by atoms with Crippen molar-refractivity contribution < 1.29 is 5.11 Å². The van der Waals surface area contributed by atoms with Gasteiger partial charge in [-0.3, -0.25) is 4.99 Å². The lowest BCUT2D eigenvalue weighted by Gasteiger charge is -2.14. The van der Waals surface area contributed by atoms with Gasteiger partial charge in [0.1, 0.15) is 6.10 Å². The average Bonchev–Trinajstić information content (AvgIpc) is 3.43. The Morgan fingerprint density at radius 3 is 2.73 bits per heavy atom. The molecule has 0 aliphatic heterocycles. The molecule has 4 rings (SSSR count). The van der Waals surface area contributed by atoms with Crippen LogP contribution < -0.4 is 10.6 Å². The summed E-state index contributed by atoms with van der Waals surface area (Å²) in [6, 6.07) is 20.3. The van der Waals surface area contributed by atoms with E-state index in [-0.39, 0.29) is 0 Å². The Kier molecular flexibility index (Phi) is 6.41. The van der Waals surface area contributed by atoms with Crippen LogP contribution in [-0.4, -0.2) is 41.0 Å². The molecular formula is C23H25N5OS. The summed E-state index contributed by atoms with van der Waals surface area (Å²) in [5.41, 5.74) is 2.19. The van der Waals surface area contributed by atoms with E-state index in [0.717, 1.165) is 34.5 Å². The topological polar surface area (TPSA) is 74.5 Å². The second-order valence-electron chi connectivity index (χ2n) is 6.96. The number of aliphatic hydroxyl groups excluding tert-OH is 1. The highest BCUT2D eigenvalue weighted by Gasteiger charge is 2.12. The Bertz CT molecular complexity index is 1090. The normalized spacial score (nSPS) is 12.8. The minimum Gasteiger partial charge on any atom is -0.386 e. The summed E-state index contributed by atoms with van der Waals surface area (Å²) < 4.78 is 3.06. The first kappa shape index (κ1) is 20.1. The predicted molar refractivity (Wildman–Crippen MR) is 123 cm³/mol. The predicted octanol–water partition coefficient (Wildman–Crippen LogP) is 3.53. The van der Waals surface area contributed by atoms with Crippen LogP contribution in [0.1, 0.15) is 16.5 Å². The molecule has 4 aromatic rings. The van der Waals surface area contributed by atoms with Crippen molar-refractivity contribution in [2.24, 2.45) is 4.99 Å². The van der Waals surface area contributed by atoms with Crippen LogP contribution in [0, 0.1) is 0 Å². The van der Waals surface area contributed by atoms with E-state index in [2.05, 4.69) is 32.9 Å². The summed E-state index contributed by atoms with van der Waals surface area (Å²) in [7, 11) is 1.73. The second-order valence-corrected chi connectivity index (χ2v) is 8.08. The third-order valence-corrected chi connectivity index (χ3v) is 6.04. The highest BCUT2D eigenvalue weighted by Crippen LogP contribution is 2.29. The largest absolute Gasteiger partial charge is 0.386 e. The first-order valence-electron chi connectivity index (χ1n) is 9.93. The third kappa shape index (κ3) is 4.87. The fourth-order valence-corrected chi connectivity index (χ4v) is 4.27. The number of guanidine groups is 1. The summed E-state index contributed by atoms with van der Waals surface area (Å²) in [5.74, 6) is 0.672. The van der Waals surface area contributed by atoms with Crippen molar-refractivity contribution in [2.45, 2.75) is 12.5 Å². The van der Waals surface area contributed by atoms with Crippen molar-refractivity contribution in [2.75, 3.05) is 20.1 Å². The highest BCUT2D eigenvalue weighted by molar-refractivity contribution is 7.19. The Morgan fingerprint density at radius 2 is 1.93 bits per heavy atom. The number of aliphatic imine (C=N–C) groups is 1. The van der Waals surface area contributed by atoms with Crippen LogP contribution in [-0.2, 0) is 6.42 Å². The second kappa shape index (κ2) is 9.56. The minimum absolute atomic E-state index is 0.401. The molecule has 0 saturated heterocycles. The van der Waals surface area contributed by atoms with Gasteiger partial charge in [0.15, 0.2) is 5.96 Å². The Labute approximate surface area is 179 Å². The maximum atomic E-state index is 10.5. The molecule has 0 spiro atoms. The lowest BCUT2D eigenvalue weighted by molar-refractivity contribution is 0.184. The standard InChI is InChI=1S/C23H25N5OS/c1-24-23(26-15-20(29)22-13-18-7-5-6-10-21(18)30-22)25-12-11-17-14-27-28(16-17)19-8-3-2-4-9-19/h2-10,13-14,16,20,29H,11-12,15H2,1H3,(H2,24,25,26). The van der Waals surface area contributed by atoms with Gasteiger partial charge in [-0.2, -0.15) is 5.10 Å². The molecule has 2 heterocycles. The Balaban J connectivity index is 1.25. The molecule has 3 N–H and O–H groups in total. The van der Waals surface area contributed by atoms with Gasteiger partial charge >= 0.3 is 0 Å². The molecule has 1 unspecified atom stereocenters. The van der Waals surface area contributed by atoms with Gasteiger partial charge in [-0.1, -0.05) is 36.4 Å². The summed E-state index contributed by atoms with van der Waals surface area (Å²) in [6.07, 6.45) is 4.17. The van der Waals surface area contributed by atoms with Gasteiger partial charge < -0.3 is 15.7 Å². The molecule has 7 heteroatoms. The average molecular weight is 420 g/mol. The number of thiophene rings is 1. The fraction of sp³-hybridized carbons (Fsp3) is 0.217. The molecule has 154 valence electrons. The maximum absolute atomic E-state index is 10.5. The van der Waals surface area contributed by atoms with Crippen molar-refractivity contribution in [1.29, 1.82) is 0 Å². The van der Waals surface area contributed by atoms with Crippen molar-refractivity contribution in [1.82, 2.24) is 20.4 Å². The van der Waals surface area contributed by atoms with Crippen LogP contribution in [0.15, 0.2) is 78.0 Å². The smallest absolute Gasteiger partial charge is 0.191 e. The van der Waals surface area contributed by atoms with Crippen LogP contribution in [0.3, 0.4) is 0 Å². The molecule has 6 nitrogen and oxygen atoms in total. The molecule has 1 atom stereocenters. The first-order valence-corrected chi connectivity index (χ1v) is 10.7. The zero-order valence-electron chi connectivity index (χ0n) is 16.8. The quantitative estimate of drug-likeness (QED) is 0.316. The number of benzene rings is 2. The van der Waals surface area contributed by atoms with Crippen molar-refractivity contribution in [3.63, 3.8) is 0 Å². The van der Waals surface area contributed by atoms with Crippen LogP contribution in [0.4, 0.5) is 0 Å². The molecule has 0 aliphatic carbocycles. The van der Waals surface area contributed by atoms with E-state index < -0.39 is 6.10 Å². The van der Waals surface area contributed by atoms with E-state index in [1.165, 1.54) is 4.70 Å². The van der Waals surface area contributed by atoms with E-state index in [1.54, 1.807) is 18.4 Å². The lowest BCUT2D eigenvalue weighted by atomic mass is 10.2. The number of aromatic nitrogens is 2. The number of nitrogens with zero attached hydrogens (tertiary/aromatic N) is 3. The lowest BCUT2D eigenvalue weighted by Crippen LogP contribution is -2.40. The van der Waals surface area contributed by atoms with Gasteiger partial charge in [0, 0.05) is 35.9 Å². The molecule has 0 saturated carbocycles. The van der Waals surface area contributed by atoms with E-state index >= 15 is 0 Å². The molecule has 0 radical (unpaired) electrons. The number of hydrogen-bond donors (Lipinski definition) is 3. The number of hydrogen-bond acceptors (Lipinski definition) is 4. The van der Waals surface area contributed by atoms with E-state index in [4.69, 9.17) is 0 Å². The Hall–Kier alpha value is -3.16. The minimum atomic E-state index is -0.579. The zero-order chi connectivity index (χ0) is 20.8. The molecule has 30 heavy (non-hydrogen) atoms. The van der Waals surface area contributed by atoms with Crippen molar-refractivity contribution >= 4 is 27.4 Å². The molecule has 0 fully saturated rings. The molecule has 0 amide bonds. The first-order chi connectivity index (χ1) is 14.7. The third-order valence-electron chi connectivity index (χ3n) is 4.82. The van der Waals surface area contributed by atoms with E-state index in [1.807, 2.05) is 65.6 Å². The number of nitrogens with one attached hydrogen (secondary N) is 2. The van der Waals surface area contributed by atoms with Crippen molar-refractivity contribution in [3.8, 4) is 5.69 Å².